The number of aromatic nitrogens is 2. The second kappa shape index (κ2) is 4.80. The van der Waals surface area contributed by atoms with Crippen LogP contribution in [0.1, 0.15) is 5.56 Å². The third-order valence-electron chi connectivity index (χ3n) is 2.05. The highest BCUT2D eigenvalue weighted by Crippen LogP contribution is 2.23. The number of rotatable bonds is 2. The number of nitrogen functional groups attached to an aromatic ring is 1. The zero-order chi connectivity index (χ0) is 12.3. The quantitative estimate of drug-likeness (QED) is 0.887. The number of benzene rings is 1. The molecule has 0 aliphatic carbocycles. The lowest BCUT2D eigenvalue weighted by atomic mass is 10.2. The SMILES string of the molecule is N#Cc1ccc(Br)cc1Nc1ccc(N)nn1. The number of nitrogens with zero attached hydrogens (tertiary/aromatic N) is 3. The highest BCUT2D eigenvalue weighted by atomic mass is 79.9. The van der Waals surface area contributed by atoms with Crippen molar-refractivity contribution in [2.45, 2.75) is 0 Å². The maximum absolute atomic E-state index is 8.97. The van der Waals surface area contributed by atoms with Crippen LogP contribution in [0.4, 0.5) is 17.3 Å². The molecule has 0 aliphatic rings. The zero-order valence-corrected chi connectivity index (χ0v) is 10.3. The minimum absolute atomic E-state index is 0.352. The Kier molecular flexibility index (Phi) is 3.21. The lowest BCUT2D eigenvalue weighted by Gasteiger charge is -2.07. The average molecular weight is 290 g/mol. The summed E-state index contributed by atoms with van der Waals surface area (Å²) >= 11 is 3.35. The molecule has 3 N–H and O–H groups in total. The van der Waals surface area contributed by atoms with Crippen molar-refractivity contribution < 1.29 is 0 Å². The molecule has 2 aromatic rings. The molecule has 0 atom stereocenters. The molecule has 0 spiro atoms. The van der Waals surface area contributed by atoms with Gasteiger partial charge >= 0.3 is 0 Å². The van der Waals surface area contributed by atoms with Crippen molar-refractivity contribution in [2.75, 3.05) is 11.1 Å². The maximum Gasteiger partial charge on any atom is 0.153 e. The number of nitrogens with one attached hydrogen (secondary N) is 1. The maximum atomic E-state index is 8.97. The van der Waals surface area contributed by atoms with E-state index >= 15 is 0 Å². The first-order chi connectivity index (χ1) is 8.19. The normalized spacial score (nSPS) is 9.65. The van der Waals surface area contributed by atoms with Gasteiger partial charge in [-0.25, -0.2) is 0 Å². The van der Waals surface area contributed by atoms with E-state index in [-0.39, 0.29) is 0 Å². The smallest absolute Gasteiger partial charge is 0.153 e. The van der Waals surface area contributed by atoms with Gasteiger partial charge in [0.2, 0.25) is 0 Å². The summed E-state index contributed by atoms with van der Waals surface area (Å²) < 4.78 is 0.877. The highest BCUT2D eigenvalue weighted by molar-refractivity contribution is 9.10. The van der Waals surface area contributed by atoms with Gasteiger partial charge in [-0.2, -0.15) is 5.26 Å². The van der Waals surface area contributed by atoms with Crippen LogP contribution in [0, 0.1) is 11.3 Å². The van der Waals surface area contributed by atoms with Crippen molar-refractivity contribution in [1.82, 2.24) is 10.2 Å². The van der Waals surface area contributed by atoms with E-state index in [1.54, 1.807) is 30.3 Å². The Morgan fingerprint density at radius 1 is 1.24 bits per heavy atom. The molecule has 0 fully saturated rings. The van der Waals surface area contributed by atoms with Crippen LogP contribution in [0.2, 0.25) is 0 Å². The lowest BCUT2D eigenvalue weighted by Crippen LogP contribution is -1.99. The molecule has 0 saturated heterocycles. The Bertz CT molecular complexity index is 573. The predicted octanol–water partition coefficient (Wildman–Crippen LogP) is 2.44. The molecule has 0 bridgehead atoms. The molecule has 5 nitrogen and oxygen atoms in total. The van der Waals surface area contributed by atoms with Crippen LogP contribution in [0.25, 0.3) is 0 Å². The summed E-state index contributed by atoms with van der Waals surface area (Å²) in [6.45, 7) is 0. The molecule has 17 heavy (non-hydrogen) atoms. The zero-order valence-electron chi connectivity index (χ0n) is 8.68. The van der Waals surface area contributed by atoms with Gasteiger partial charge in [0.15, 0.2) is 5.82 Å². The van der Waals surface area contributed by atoms with Crippen molar-refractivity contribution in [2.24, 2.45) is 0 Å². The van der Waals surface area contributed by atoms with Crippen molar-refractivity contribution in [3.8, 4) is 6.07 Å². The van der Waals surface area contributed by atoms with Gasteiger partial charge in [0.25, 0.3) is 0 Å². The molecule has 1 aromatic carbocycles. The second-order valence-corrected chi connectivity index (χ2v) is 4.19. The highest BCUT2D eigenvalue weighted by Gasteiger charge is 2.04. The van der Waals surface area contributed by atoms with Gasteiger partial charge in [0.05, 0.1) is 11.3 Å². The molecule has 0 radical (unpaired) electrons. The van der Waals surface area contributed by atoms with E-state index in [0.717, 1.165) is 4.47 Å². The van der Waals surface area contributed by atoms with Gasteiger partial charge in [-0.15, -0.1) is 10.2 Å². The summed E-state index contributed by atoms with van der Waals surface area (Å²) in [7, 11) is 0. The molecule has 6 heteroatoms. The minimum Gasteiger partial charge on any atom is -0.382 e. The summed E-state index contributed by atoms with van der Waals surface area (Å²) in [5, 5.41) is 19.6. The summed E-state index contributed by atoms with van der Waals surface area (Å²) in [5.41, 5.74) is 6.64. The van der Waals surface area contributed by atoms with E-state index < -0.39 is 0 Å². The fourth-order valence-corrected chi connectivity index (χ4v) is 1.63. The van der Waals surface area contributed by atoms with Gasteiger partial charge in [-0.05, 0) is 30.3 Å². The third-order valence-corrected chi connectivity index (χ3v) is 2.54. The van der Waals surface area contributed by atoms with Crippen molar-refractivity contribution >= 4 is 33.3 Å². The van der Waals surface area contributed by atoms with Crippen molar-refractivity contribution in [3.05, 3.63) is 40.4 Å². The van der Waals surface area contributed by atoms with Crippen LogP contribution in [0.3, 0.4) is 0 Å². The fraction of sp³-hybridized carbons (Fsp3) is 0. The van der Waals surface area contributed by atoms with Crippen LogP contribution in [-0.2, 0) is 0 Å². The summed E-state index contributed by atoms with van der Waals surface area (Å²) in [4.78, 5) is 0. The second-order valence-electron chi connectivity index (χ2n) is 3.27. The Morgan fingerprint density at radius 3 is 2.71 bits per heavy atom. The number of nitriles is 1. The van der Waals surface area contributed by atoms with Crippen LogP contribution < -0.4 is 11.1 Å². The first-order valence-electron chi connectivity index (χ1n) is 4.75. The monoisotopic (exact) mass is 289 g/mol. The van der Waals surface area contributed by atoms with Crippen LogP contribution in [0.5, 0.6) is 0 Å². The Morgan fingerprint density at radius 2 is 2.06 bits per heavy atom. The first kappa shape index (κ1) is 11.4. The summed E-state index contributed by atoms with van der Waals surface area (Å²) in [6, 6.07) is 10.8. The van der Waals surface area contributed by atoms with Gasteiger partial charge < -0.3 is 11.1 Å². The molecular weight excluding hydrogens is 282 g/mol. The molecule has 1 heterocycles. The number of hydrogen-bond donors (Lipinski definition) is 2. The van der Waals surface area contributed by atoms with Crippen molar-refractivity contribution in [3.63, 3.8) is 0 Å². The van der Waals surface area contributed by atoms with Gasteiger partial charge in [-0.1, -0.05) is 15.9 Å². The van der Waals surface area contributed by atoms with Crippen LogP contribution in [0.15, 0.2) is 34.8 Å². The molecule has 0 aliphatic heterocycles. The molecular formula is C11H8BrN5. The molecule has 0 saturated carbocycles. The van der Waals surface area contributed by atoms with E-state index in [1.165, 1.54) is 0 Å². The van der Waals surface area contributed by atoms with Gasteiger partial charge in [0.1, 0.15) is 11.9 Å². The van der Waals surface area contributed by atoms with E-state index in [1.807, 2.05) is 0 Å². The average Bonchev–Trinajstić information content (AvgIpc) is 2.32. The summed E-state index contributed by atoms with van der Waals surface area (Å²) in [5.74, 6) is 0.888. The topological polar surface area (TPSA) is 87.6 Å². The molecule has 0 amide bonds. The van der Waals surface area contributed by atoms with Crippen molar-refractivity contribution in [1.29, 1.82) is 5.26 Å². The Hall–Kier alpha value is -2.13. The number of halogens is 1. The number of anilines is 3. The van der Waals surface area contributed by atoms with Crippen LogP contribution >= 0.6 is 15.9 Å². The minimum atomic E-state index is 0.352. The predicted molar refractivity (Wildman–Crippen MR) is 68.6 cm³/mol. The van der Waals surface area contributed by atoms with Gasteiger partial charge in [-0.3, -0.25) is 0 Å². The lowest BCUT2D eigenvalue weighted by molar-refractivity contribution is 1.05. The van der Waals surface area contributed by atoms with E-state index in [2.05, 4.69) is 37.5 Å². The van der Waals surface area contributed by atoms with E-state index in [0.29, 0.717) is 22.9 Å². The first-order valence-corrected chi connectivity index (χ1v) is 5.54. The standard InChI is InChI=1S/C11H8BrN5/c12-8-2-1-7(6-13)9(5-8)15-11-4-3-10(14)16-17-11/h1-5H,(H2,14,16)(H,15,17). The molecule has 0 unspecified atom stereocenters. The Labute approximate surface area is 106 Å². The van der Waals surface area contributed by atoms with Gasteiger partial charge in [0, 0.05) is 4.47 Å². The molecule has 2 rings (SSSR count). The summed E-state index contributed by atoms with van der Waals surface area (Å²) in [6.07, 6.45) is 0. The third kappa shape index (κ3) is 2.71. The van der Waals surface area contributed by atoms with E-state index in [4.69, 9.17) is 11.0 Å². The molecule has 84 valence electrons. The van der Waals surface area contributed by atoms with E-state index in [9.17, 15) is 0 Å². The Balaban J connectivity index is 2.32. The number of nitrogens with two attached hydrogens (primary N) is 1. The fourth-order valence-electron chi connectivity index (χ4n) is 1.26. The number of hydrogen-bond acceptors (Lipinski definition) is 5. The largest absolute Gasteiger partial charge is 0.382 e. The molecule has 1 aromatic heterocycles. The van der Waals surface area contributed by atoms with Crippen LogP contribution in [-0.4, -0.2) is 10.2 Å².